The molecule has 0 bridgehead atoms. The Kier molecular flexibility index (Phi) is 5.75. The SMILES string of the molecule is Cc1ccc(/C=N/Nc2nnc(SCC(=O)Nc3ccc4c(c3)OCCO4)n2N)o1. The number of nitrogens with one attached hydrogen (secondary N) is 2. The second-order valence-corrected chi connectivity index (χ2v) is 7.13. The zero-order valence-corrected chi connectivity index (χ0v) is 16.8. The number of carbonyl (C=O) groups excluding carboxylic acids is 1. The summed E-state index contributed by atoms with van der Waals surface area (Å²) < 4.78 is 17.6. The van der Waals surface area contributed by atoms with E-state index in [1.165, 1.54) is 10.9 Å². The highest BCUT2D eigenvalue weighted by Gasteiger charge is 2.15. The molecule has 1 amide bonds. The number of furan rings is 1. The molecule has 0 saturated carbocycles. The number of hydrogen-bond donors (Lipinski definition) is 3. The fraction of sp³-hybridized carbons (Fsp3) is 0.222. The van der Waals surface area contributed by atoms with Crippen molar-refractivity contribution in [1.82, 2.24) is 14.9 Å². The standard InChI is InChI=1S/C18H19N7O4S/c1-11-2-4-13(29-11)9-20-22-17-23-24-18(25(17)19)30-10-16(26)21-12-3-5-14-15(8-12)28-7-6-27-14/h2-5,8-9H,6-7,10,19H2,1H3,(H,21,26)(H,22,23)/b20-9+. The lowest BCUT2D eigenvalue weighted by atomic mass is 10.2. The number of nitrogen functional groups attached to an aromatic ring is 1. The lowest BCUT2D eigenvalue weighted by molar-refractivity contribution is -0.113. The molecule has 0 spiro atoms. The van der Waals surface area contributed by atoms with Crippen LogP contribution in [0.25, 0.3) is 0 Å². The molecule has 1 aromatic carbocycles. The summed E-state index contributed by atoms with van der Waals surface area (Å²) in [7, 11) is 0. The van der Waals surface area contributed by atoms with Gasteiger partial charge in [0.2, 0.25) is 11.1 Å². The Morgan fingerprint density at radius 3 is 2.90 bits per heavy atom. The summed E-state index contributed by atoms with van der Waals surface area (Å²) in [6.45, 7) is 2.84. The number of hydrogen-bond acceptors (Lipinski definition) is 10. The number of ether oxygens (including phenoxy) is 2. The van der Waals surface area contributed by atoms with Gasteiger partial charge in [-0.1, -0.05) is 11.8 Å². The van der Waals surface area contributed by atoms with Crippen molar-refractivity contribution in [3.05, 3.63) is 41.9 Å². The average molecular weight is 429 g/mol. The smallest absolute Gasteiger partial charge is 0.264 e. The molecular weight excluding hydrogens is 410 g/mol. The second kappa shape index (κ2) is 8.78. The summed E-state index contributed by atoms with van der Waals surface area (Å²) in [6, 6.07) is 8.86. The average Bonchev–Trinajstić information content (AvgIpc) is 3.32. The van der Waals surface area contributed by atoms with Gasteiger partial charge in [0.05, 0.1) is 12.0 Å². The maximum Gasteiger partial charge on any atom is 0.264 e. The maximum atomic E-state index is 12.3. The van der Waals surface area contributed by atoms with Gasteiger partial charge in [-0.25, -0.2) is 10.1 Å². The molecule has 3 aromatic rings. The van der Waals surface area contributed by atoms with Crippen LogP contribution in [-0.2, 0) is 4.79 Å². The van der Waals surface area contributed by atoms with Crippen molar-refractivity contribution >= 4 is 35.5 Å². The summed E-state index contributed by atoms with van der Waals surface area (Å²) in [5, 5.41) is 15.0. The number of nitrogens with two attached hydrogens (primary N) is 1. The van der Waals surface area contributed by atoms with Crippen molar-refractivity contribution in [2.45, 2.75) is 12.1 Å². The zero-order valence-electron chi connectivity index (χ0n) is 16.0. The van der Waals surface area contributed by atoms with Crippen molar-refractivity contribution in [2.24, 2.45) is 5.10 Å². The Labute approximate surface area is 175 Å². The van der Waals surface area contributed by atoms with E-state index >= 15 is 0 Å². The van der Waals surface area contributed by atoms with Gasteiger partial charge in [0, 0.05) is 11.8 Å². The Hall–Kier alpha value is -3.67. The first kappa shape index (κ1) is 19.6. The molecule has 0 atom stereocenters. The minimum absolute atomic E-state index is 0.0959. The van der Waals surface area contributed by atoms with Crippen LogP contribution in [0.1, 0.15) is 11.5 Å². The first-order chi connectivity index (χ1) is 14.6. The highest BCUT2D eigenvalue weighted by Crippen LogP contribution is 2.32. The largest absolute Gasteiger partial charge is 0.486 e. The molecule has 1 aliphatic heterocycles. The lowest BCUT2D eigenvalue weighted by Crippen LogP contribution is -2.18. The topological polar surface area (TPSA) is 142 Å². The highest BCUT2D eigenvalue weighted by atomic mass is 32.2. The van der Waals surface area contributed by atoms with Crippen LogP contribution in [0.4, 0.5) is 11.6 Å². The van der Waals surface area contributed by atoms with E-state index in [1.54, 1.807) is 24.3 Å². The molecule has 0 radical (unpaired) electrons. The molecule has 30 heavy (non-hydrogen) atoms. The minimum Gasteiger partial charge on any atom is -0.486 e. The predicted molar refractivity (Wildman–Crippen MR) is 112 cm³/mol. The highest BCUT2D eigenvalue weighted by molar-refractivity contribution is 7.99. The molecule has 0 saturated heterocycles. The van der Waals surface area contributed by atoms with Crippen molar-refractivity contribution < 1.29 is 18.7 Å². The summed E-state index contributed by atoms with van der Waals surface area (Å²) >= 11 is 1.14. The number of anilines is 2. The maximum absolute atomic E-state index is 12.3. The van der Waals surface area contributed by atoms with Gasteiger partial charge in [-0.15, -0.1) is 10.2 Å². The van der Waals surface area contributed by atoms with Gasteiger partial charge in [-0.3, -0.25) is 4.79 Å². The van der Waals surface area contributed by atoms with Crippen LogP contribution in [-0.4, -0.2) is 46.0 Å². The number of thioether (sulfide) groups is 1. The van der Waals surface area contributed by atoms with Crippen molar-refractivity contribution in [2.75, 3.05) is 35.6 Å². The van der Waals surface area contributed by atoms with Gasteiger partial charge < -0.3 is 25.1 Å². The summed E-state index contributed by atoms with van der Waals surface area (Å²) in [6.07, 6.45) is 1.50. The number of carbonyl (C=O) groups is 1. The van der Waals surface area contributed by atoms with Gasteiger partial charge in [-0.05, 0) is 31.2 Å². The van der Waals surface area contributed by atoms with Gasteiger partial charge >= 0.3 is 0 Å². The number of benzene rings is 1. The predicted octanol–water partition coefficient (Wildman–Crippen LogP) is 1.84. The number of aromatic nitrogens is 3. The summed E-state index contributed by atoms with van der Waals surface area (Å²) in [5.41, 5.74) is 3.30. The number of hydrazone groups is 1. The van der Waals surface area contributed by atoms with E-state index in [0.29, 0.717) is 41.3 Å². The molecule has 0 fully saturated rings. The lowest BCUT2D eigenvalue weighted by Gasteiger charge is -2.18. The molecule has 12 heteroatoms. The normalized spacial score (nSPS) is 12.8. The van der Waals surface area contributed by atoms with Gasteiger partial charge in [-0.2, -0.15) is 5.10 Å². The van der Waals surface area contributed by atoms with Crippen LogP contribution < -0.4 is 26.1 Å². The van der Waals surface area contributed by atoms with E-state index in [-0.39, 0.29) is 17.6 Å². The molecule has 1 aliphatic rings. The van der Waals surface area contributed by atoms with Crippen molar-refractivity contribution in [3.63, 3.8) is 0 Å². The number of rotatable bonds is 7. The molecule has 0 unspecified atom stereocenters. The third-order valence-corrected chi connectivity index (χ3v) is 4.88. The molecule has 4 N–H and O–H groups in total. The third-order valence-electron chi connectivity index (χ3n) is 3.94. The number of aryl methyl sites for hydroxylation is 1. The monoisotopic (exact) mass is 429 g/mol. The van der Waals surface area contributed by atoms with E-state index in [9.17, 15) is 4.79 Å². The Bertz CT molecular complexity index is 1080. The van der Waals surface area contributed by atoms with Crippen LogP contribution >= 0.6 is 11.8 Å². The van der Waals surface area contributed by atoms with Crippen LogP contribution in [0.5, 0.6) is 11.5 Å². The van der Waals surface area contributed by atoms with Crippen molar-refractivity contribution in [3.8, 4) is 11.5 Å². The summed E-state index contributed by atoms with van der Waals surface area (Å²) in [5.74, 6) is 8.69. The number of nitrogens with zero attached hydrogens (tertiary/aromatic N) is 4. The minimum atomic E-state index is -0.222. The van der Waals surface area contributed by atoms with Crippen LogP contribution in [0, 0.1) is 6.92 Å². The summed E-state index contributed by atoms with van der Waals surface area (Å²) in [4.78, 5) is 12.3. The van der Waals surface area contributed by atoms with E-state index in [0.717, 1.165) is 17.5 Å². The van der Waals surface area contributed by atoms with Crippen LogP contribution in [0.3, 0.4) is 0 Å². The molecule has 156 valence electrons. The van der Waals surface area contributed by atoms with Gasteiger partial charge in [0.15, 0.2) is 11.5 Å². The van der Waals surface area contributed by atoms with Gasteiger partial charge in [0.25, 0.3) is 5.95 Å². The third kappa shape index (κ3) is 4.66. The van der Waals surface area contributed by atoms with E-state index in [2.05, 4.69) is 26.0 Å². The number of fused-ring (bicyclic) bond motifs is 1. The molecule has 11 nitrogen and oxygen atoms in total. The fourth-order valence-corrected chi connectivity index (χ4v) is 3.23. The van der Waals surface area contributed by atoms with Gasteiger partial charge in [0.1, 0.15) is 24.7 Å². The molecular formula is C18H19N7O4S. The first-order valence-corrected chi connectivity index (χ1v) is 9.95. The molecule has 2 aromatic heterocycles. The van der Waals surface area contributed by atoms with E-state index in [4.69, 9.17) is 19.7 Å². The molecule has 4 rings (SSSR count). The van der Waals surface area contributed by atoms with E-state index in [1.807, 2.05) is 13.0 Å². The number of amides is 1. The van der Waals surface area contributed by atoms with Crippen molar-refractivity contribution in [1.29, 1.82) is 0 Å². The fourth-order valence-electron chi connectivity index (χ4n) is 2.58. The Morgan fingerprint density at radius 1 is 1.27 bits per heavy atom. The Morgan fingerprint density at radius 2 is 2.10 bits per heavy atom. The van der Waals surface area contributed by atoms with Crippen LogP contribution in [0.2, 0.25) is 0 Å². The van der Waals surface area contributed by atoms with Crippen LogP contribution in [0.15, 0.2) is 45.0 Å². The quantitative estimate of drug-likeness (QED) is 0.222. The Balaban J connectivity index is 1.29. The second-order valence-electron chi connectivity index (χ2n) is 6.19. The zero-order chi connectivity index (χ0) is 20.9. The van der Waals surface area contributed by atoms with E-state index < -0.39 is 0 Å². The molecule has 0 aliphatic carbocycles. The molecule has 3 heterocycles. The first-order valence-electron chi connectivity index (χ1n) is 8.97.